The molecule has 1 fully saturated rings. The third-order valence-electron chi connectivity index (χ3n) is 6.49. The highest BCUT2D eigenvalue weighted by molar-refractivity contribution is 5.86. The van der Waals surface area contributed by atoms with E-state index in [0.29, 0.717) is 6.04 Å². The summed E-state index contributed by atoms with van der Waals surface area (Å²) in [6.45, 7) is 1.15. The average Bonchev–Trinajstić information content (AvgIpc) is 3.08. The number of nitrogens with zero attached hydrogens (tertiary/aromatic N) is 3. The molecule has 1 aliphatic heterocycles. The van der Waals surface area contributed by atoms with Crippen molar-refractivity contribution in [1.29, 1.82) is 0 Å². The summed E-state index contributed by atoms with van der Waals surface area (Å²) < 4.78 is 2.61. The Kier molecular flexibility index (Phi) is 4.39. The van der Waals surface area contributed by atoms with Crippen LogP contribution in [0.1, 0.15) is 61.5 Å². The molecule has 0 N–H and O–H groups in total. The number of hydrogen-bond acceptors (Lipinski definition) is 2. The van der Waals surface area contributed by atoms with Crippen LogP contribution in [0.25, 0.3) is 11.0 Å². The smallest absolute Gasteiger partial charge is 0.114 e. The zero-order valence-corrected chi connectivity index (χ0v) is 16.3. The Balaban J connectivity index is 1.66. The van der Waals surface area contributed by atoms with Gasteiger partial charge in [-0.05, 0) is 43.4 Å². The van der Waals surface area contributed by atoms with Crippen LogP contribution in [0.4, 0.5) is 5.69 Å². The Labute approximate surface area is 162 Å². The van der Waals surface area contributed by atoms with Crippen LogP contribution < -0.4 is 4.90 Å². The van der Waals surface area contributed by atoms with E-state index in [0.717, 1.165) is 19.4 Å². The van der Waals surface area contributed by atoms with Gasteiger partial charge in [-0.3, -0.25) is 0 Å². The summed E-state index contributed by atoms with van der Waals surface area (Å²) in [5.74, 6) is 1.25. The number of benzene rings is 2. The lowest BCUT2D eigenvalue weighted by atomic mass is 9.94. The summed E-state index contributed by atoms with van der Waals surface area (Å²) in [5, 5.41) is 0. The van der Waals surface area contributed by atoms with Crippen molar-refractivity contribution >= 4 is 16.7 Å². The van der Waals surface area contributed by atoms with Crippen molar-refractivity contribution in [2.24, 2.45) is 0 Å². The first kappa shape index (κ1) is 16.9. The fraction of sp³-hybridized carbons (Fsp3) is 0.458. The van der Waals surface area contributed by atoms with Gasteiger partial charge < -0.3 is 9.47 Å². The highest BCUT2D eigenvalue weighted by Crippen LogP contribution is 2.37. The van der Waals surface area contributed by atoms with Crippen LogP contribution in [0.5, 0.6) is 0 Å². The highest BCUT2D eigenvalue weighted by atomic mass is 15.1. The number of fused-ring (bicyclic) bond motifs is 3. The van der Waals surface area contributed by atoms with Gasteiger partial charge in [-0.25, -0.2) is 4.98 Å². The summed E-state index contributed by atoms with van der Waals surface area (Å²) in [6.07, 6.45) is 9.99. The molecule has 2 aliphatic rings. The standard InChI is InChI=1S/C24H29N3/c1-26-16-8-13-20-21(26)14-15-22-24(20)25-23(17-18-9-4-2-5-10-18)27(22)19-11-6-3-7-12-19/h2,4-5,9-10,14-15,19H,3,6-8,11-13,16-17H2,1H3. The zero-order chi connectivity index (χ0) is 18.2. The molecule has 3 heteroatoms. The molecule has 140 valence electrons. The summed E-state index contributed by atoms with van der Waals surface area (Å²) in [4.78, 5) is 7.66. The van der Waals surface area contributed by atoms with Gasteiger partial charge in [0.1, 0.15) is 5.82 Å². The van der Waals surface area contributed by atoms with E-state index in [1.165, 1.54) is 72.2 Å². The lowest BCUT2D eigenvalue weighted by molar-refractivity contribution is 0.353. The maximum Gasteiger partial charge on any atom is 0.114 e. The third-order valence-corrected chi connectivity index (χ3v) is 6.49. The van der Waals surface area contributed by atoms with Crippen LogP contribution in [0.2, 0.25) is 0 Å². The predicted molar refractivity (Wildman–Crippen MR) is 113 cm³/mol. The fourth-order valence-corrected chi connectivity index (χ4v) is 5.12. The van der Waals surface area contributed by atoms with Gasteiger partial charge in [0.25, 0.3) is 0 Å². The van der Waals surface area contributed by atoms with Gasteiger partial charge in [-0.2, -0.15) is 0 Å². The molecule has 1 saturated carbocycles. The molecule has 2 aromatic carbocycles. The quantitative estimate of drug-likeness (QED) is 0.614. The topological polar surface area (TPSA) is 21.1 Å². The second-order valence-corrected chi connectivity index (χ2v) is 8.31. The van der Waals surface area contributed by atoms with Crippen molar-refractivity contribution in [3.8, 4) is 0 Å². The number of anilines is 1. The van der Waals surface area contributed by atoms with Gasteiger partial charge in [-0.1, -0.05) is 49.6 Å². The van der Waals surface area contributed by atoms with Crippen LogP contribution in [0, 0.1) is 0 Å². The van der Waals surface area contributed by atoms with Crippen LogP contribution >= 0.6 is 0 Å². The normalized spacial score (nSPS) is 18.0. The highest BCUT2D eigenvalue weighted by Gasteiger charge is 2.25. The van der Waals surface area contributed by atoms with Crippen molar-refractivity contribution in [2.75, 3.05) is 18.5 Å². The molecule has 1 aliphatic carbocycles. The summed E-state index contributed by atoms with van der Waals surface area (Å²) in [7, 11) is 2.22. The summed E-state index contributed by atoms with van der Waals surface area (Å²) in [5.41, 5.74) is 6.83. The van der Waals surface area contributed by atoms with Crippen molar-refractivity contribution in [3.05, 3.63) is 59.4 Å². The largest absolute Gasteiger partial charge is 0.374 e. The van der Waals surface area contributed by atoms with Gasteiger partial charge in [-0.15, -0.1) is 0 Å². The molecule has 2 heterocycles. The second kappa shape index (κ2) is 7.03. The van der Waals surface area contributed by atoms with Gasteiger partial charge in [0.2, 0.25) is 0 Å². The summed E-state index contributed by atoms with van der Waals surface area (Å²) >= 11 is 0. The Hall–Kier alpha value is -2.29. The molecular formula is C24H29N3. The fourth-order valence-electron chi connectivity index (χ4n) is 5.12. The molecule has 27 heavy (non-hydrogen) atoms. The maximum atomic E-state index is 5.27. The number of aryl methyl sites for hydroxylation is 1. The van der Waals surface area contributed by atoms with E-state index in [4.69, 9.17) is 4.98 Å². The molecular weight excluding hydrogens is 330 g/mol. The SMILES string of the molecule is CN1CCCc2c1ccc1c2nc(Cc2ccccc2)n1C1CCCCC1. The van der Waals surface area contributed by atoms with Gasteiger partial charge >= 0.3 is 0 Å². The molecule has 3 nitrogen and oxygen atoms in total. The first-order chi connectivity index (χ1) is 13.3. The van der Waals surface area contributed by atoms with E-state index in [1.54, 1.807) is 0 Å². The molecule has 0 unspecified atom stereocenters. The van der Waals surface area contributed by atoms with E-state index in [9.17, 15) is 0 Å². The molecule has 0 amide bonds. The third kappa shape index (κ3) is 3.03. The lowest BCUT2D eigenvalue weighted by Gasteiger charge is -2.28. The zero-order valence-electron chi connectivity index (χ0n) is 16.3. The number of hydrogen-bond donors (Lipinski definition) is 0. The minimum Gasteiger partial charge on any atom is -0.374 e. The molecule has 0 saturated heterocycles. The van der Waals surface area contributed by atoms with Crippen molar-refractivity contribution in [2.45, 2.75) is 57.4 Å². The predicted octanol–water partition coefficient (Wildman–Crippen LogP) is 5.51. The Morgan fingerprint density at radius 1 is 0.963 bits per heavy atom. The summed E-state index contributed by atoms with van der Waals surface area (Å²) in [6, 6.07) is 16.1. The first-order valence-corrected chi connectivity index (χ1v) is 10.6. The molecule has 0 bridgehead atoms. The second-order valence-electron chi connectivity index (χ2n) is 8.31. The number of imidazole rings is 1. The lowest BCUT2D eigenvalue weighted by Crippen LogP contribution is -2.24. The van der Waals surface area contributed by atoms with Gasteiger partial charge in [0, 0.05) is 37.3 Å². The van der Waals surface area contributed by atoms with Gasteiger partial charge in [0.05, 0.1) is 11.0 Å². The maximum absolute atomic E-state index is 5.27. The molecule has 1 aromatic heterocycles. The molecule has 0 atom stereocenters. The molecule has 0 radical (unpaired) electrons. The van der Waals surface area contributed by atoms with E-state index >= 15 is 0 Å². The minimum absolute atomic E-state index is 0.613. The van der Waals surface area contributed by atoms with Crippen LogP contribution in [0.3, 0.4) is 0 Å². The average molecular weight is 360 g/mol. The van der Waals surface area contributed by atoms with E-state index in [-0.39, 0.29) is 0 Å². The van der Waals surface area contributed by atoms with Crippen LogP contribution in [0.15, 0.2) is 42.5 Å². The Morgan fingerprint density at radius 2 is 1.78 bits per heavy atom. The Morgan fingerprint density at radius 3 is 2.59 bits per heavy atom. The molecule has 3 aromatic rings. The van der Waals surface area contributed by atoms with Crippen molar-refractivity contribution in [1.82, 2.24) is 9.55 Å². The Bertz CT molecular complexity index is 935. The van der Waals surface area contributed by atoms with E-state index in [2.05, 4.69) is 59.0 Å². The minimum atomic E-state index is 0.613. The van der Waals surface area contributed by atoms with Crippen molar-refractivity contribution in [3.63, 3.8) is 0 Å². The van der Waals surface area contributed by atoms with Gasteiger partial charge in [0.15, 0.2) is 0 Å². The van der Waals surface area contributed by atoms with E-state index in [1.807, 2.05) is 0 Å². The molecule has 0 spiro atoms. The first-order valence-electron chi connectivity index (χ1n) is 10.6. The number of rotatable bonds is 3. The van der Waals surface area contributed by atoms with E-state index < -0.39 is 0 Å². The van der Waals surface area contributed by atoms with Crippen molar-refractivity contribution < 1.29 is 0 Å². The molecule has 5 rings (SSSR count). The monoisotopic (exact) mass is 359 g/mol. The van der Waals surface area contributed by atoms with Crippen LogP contribution in [-0.4, -0.2) is 23.1 Å². The number of aromatic nitrogens is 2. The van der Waals surface area contributed by atoms with Crippen LogP contribution in [-0.2, 0) is 12.8 Å².